The average molecular weight is 156 g/mol. The van der Waals surface area contributed by atoms with E-state index < -0.39 is 0 Å². The Morgan fingerprint density at radius 2 is 2.40 bits per heavy atom. The summed E-state index contributed by atoms with van der Waals surface area (Å²) in [5.74, 6) is 0.413. The van der Waals surface area contributed by atoms with Gasteiger partial charge in [-0.2, -0.15) is 0 Å². The van der Waals surface area contributed by atoms with Gasteiger partial charge in [0.1, 0.15) is 10.5 Å². The molecule has 1 heterocycles. The van der Waals surface area contributed by atoms with E-state index in [1.807, 2.05) is 0 Å². The van der Waals surface area contributed by atoms with Gasteiger partial charge in [0.25, 0.3) is 0 Å². The Labute approximate surface area is 63.3 Å². The molecule has 1 rings (SSSR count). The summed E-state index contributed by atoms with van der Waals surface area (Å²) in [5.41, 5.74) is 11.4. The highest BCUT2D eigenvalue weighted by atomic mass is 32.1. The van der Waals surface area contributed by atoms with E-state index in [0.29, 0.717) is 22.7 Å². The summed E-state index contributed by atoms with van der Waals surface area (Å²) in [6.45, 7) is 0.337. The van der Waals surface area contributed by atoms with Crippen molar-refractivity contribution in [3.8, 4) is 0 Å². The van der Waals surface area contributed by atoms with E-state index in [1.165, 1.54) is 6.20 Å². The van der Waals surface area contributed by atoms with Crippen LogP contribution in [0.25, 0.3) is 0 Å². The van der Waals surface area contributed by atoms with E-state index in [2.05, 4.69) is 9.97 Å². The summed E-state index contributed by atoms with van der Waals surface area (Å²) in [7, 11) is 0. The van der Waals surface area contributed by atoms with Gasteiger partial charge in [0, 0.05) is 6.54 Å². The van der Waals surface area contributed by atoms with Crippen LogP contribution >= 0.6 is 12.2 Å². The zero-order valence-corrected chi connectivity index (χ0v) is 6.11. The smallest absolute Gasteiger partial charge is 0.144 e. The molecule has 5 N–H and O–H groups in total. The van der Waals surface area contributed by atoms with Crippen LogP contribution in [-0.4, -0.2) is 9.97 Å². The summed E-state index contributed by atoms with van der Waals surface area (Å²) in [6, 6.07) is 0. The first-order chi connectivity index (χ1) is 4.74. The number of nitrogens with zero attached hydrogens (tertiary/aromatic N) is 1. The van der Waals surface area contributed by atoms with Gasteiger partial charge in [-0.05, 0) is 0 Å². The zero-order valence-electron chi connectivity index (χ0n) is 5.29. The van der Waals surface area contributed by atoms with Crippen LogP contribution in [0.4, 0.5) is 5.82 Å². The number of nitrogens with one attached hydrogen (secondary N) is 1. The maximum atomic E-state index is 5.43. The number of nitrogen functional groups attached to an aromatic ring is 1. The number of H-pyrrole nitrogens is 1. The first-order valence-corrected chi connectivity index (χ1v) is 3.18. The molecule has 0 saturated carbocycles. The molecule has 0 atom stereocenters. The zero-order chi connectivity index (χ0) is 7.56. The molecule has 0 aliphatic carbocycles. The second kappa shape index (κ2) is 2.76. The minimum absolute atomic E-state index is 0.337. The normalized spacial score (nSPS) is 9.70. The minimum Gasteiger partial charge on any atom is -0.382 e. The summed E-state index contributed by atoms with van der Waals surface area (Å²) in [5, 5.41) is 0. The van der Waals surface area contributed by atoms with Crippen molar-refractivity contribution in [1.29, 1.82) is 0 Å². The summed E-state index contributed by atoms with van der Waals surface area (Å²) >= 11 is 4.80. The molecule has 54 valence electrons. The van der Waals surface area contributed by atoms with Crippen molar-refractivity contribution >= 4 is 18.0 Å². The molecule has 0 fully saturated rings. The van der Waals surface area contributed by atoms with E-state index in [1.54, 1.807) is 0 Å². The standard InChI is InChI=1S/C5H8N4S/c6-1-3-5(7)8-2-4(10)9-3/h2H,1,6H2,(H2,7,8)(H,9,10). The lowest BCUT2D eigenvalue weighted by atomic mass is 10.4. The highest BCUT2D eigenvalue weighted by Crippen LogP contribution is 2.00. The number of rotatable bonds is 1. The fourth-order valence-electron chi connectivity index (χ4n) is 0.607. The van der Waals surface area contributed by atoms with Crippen LogP contribution in [0.3, 0.4) is 0 Å². The minimum atomic E-state index is 0.337. The Hall–Kier alpha value is -0.940. The van der Waals surface area contributed by atoms with Crippen molar-refractivity contribution < 1.29 is 0 Å². The van der Waals surface area contributed by atoms with E-state index >= 15 is 0 Å². The molecular formula is C5H8N4S. The Bertz CT molecular complexity index is 279. The van der Waals surface area contributed by atoms with Crippen molar-refractivity contribution in [3.05, 3.63) is 16.5 Å². The van der Waals surface area contributed by atoms with Crippen LogP contribution in [0.2, 0.25) is 0 Å². The molecule has 0 aromatic carbocycles. The molecule has 0 bridgehead atoms. The van der Waals surface area contributed by atoms with Gasteiger partial charge in [-0.15, -0.1) is 0 Å². The van der Waals surface area contributed by atoms with Gasteiger partial charge in [-0.25, -0.2) is 4.98 Å². The summed E-state index contributed by atoms with van der Waals surface area (Å²) in [4.78, 5) is 6.64. The van der Waals surface area contributed by atoms with Gasteiger partial charge >= 0.3 is 0 Å². The molecule has 0 radical (unpaired) electrons. The van der Waals surface area contributed by atoms with E-state index in [0.717, 1.165) is 0 Å². The monoisotopic (exact) mass is 156 g/mol. The van der Waals surface area contributed by atoms with Gasteiger partial charge in [0.05, 0.1) is 11.9 Å². The maximum Gasteiger partial charge on any atom is 0.144 e. The Balaban J connectivity index is 3.22. The number of hydrogen-bond donors (Lipinski definition) is 3. The maximum absolute atomic E-state index is 5.43. The lowest BCUT2D eigenvalue weighted by molar-refractivity contribution is 0.965. The molecule has 0 aliphatic rings. The molecule has 4 nitrogen and oxygen atoms in total. The van der Waals surface area contributed by atoms with Gasteiger partial charge in [-0.3, -0.25) is 0 Å². The van der Waals surface area contributed by atoms with Crippen LogP contribution in [-0.2, 0) is 6.54 Å². The van der Waals surface area contributed by atoms with Gasteiger partial charge in [0.2, 0.25) is 0 Å². The van der Waals surface area contributed by atoms with Crippen LogP contribution in [0, 0.1) is 4.64 Å². The van der Waals surface area contributed by atoms with Crippen molar-refractivity contribution in [2.24, 2.45) is 5.73 Å². The molecule has 10 heavy (non-hydrogen) atoms. The van der Waals surface area contributed by atoms with Crippen molar-refractivity contribution in [3.63, 3.8) is 0 Å². The second-order valence-electron chi connectivity index (χ2n) is 1.82. The quantitative estimate of drug-likeness (QED) is 0.507. The van der Waals surface area contributed by atoms with Gasteiger partial charge < -0.3 is 16.5 Å². The van der Waals surface area contributed by atoms with Gasteiger partial charge in [-0.1, -0.05) is 12.2 Å². The van der Waals surface area contributed by atoms with Gasteiger partial charge in [0.15, 0.2) is 0 Å². The number of aromatic amines is 1. The first-order valence-electron chi connectivity index (χ1n) is 2.78. The number of anilines is 1. The molecule has 0 unspecified atom stereocenters. The Morgan fingerprint density at radius 3 is 2.90 bits per heavy atom. The molecule has 0 aliphatic heterocycles. The van der Waals surface area contributed by atoms with Crippen LogP contribution in [0.1, 0.15) is 5.69 Å². The Morgan fingerprint density at radius 1 is 1.70 bits per heavy atom. The van der Waals surface area contributed by atoms with E-state index in [4.69, 9.17) is 23.7 Å². The van der Waals surface area contributed by atoms with Crippen molar-refractivity contribution in [2.75, 3.05) is 5.73 Å². The molecule has 5 heteroatoms. The fourth-order valence-corrected chi connectivity index (χ4v) is 0.783. The van der Waals surface area contributed by atoms with Crippen molar-refractivity contribution in [1.82, 2.24) is 9.97 Å². The SMILES string of the molecule is NCc1[nH]c(=S)cnc1N. The molecule has 0 saturated heterocycles. The summed E-state index contributed by atoms with van der Waals surface area (Å²) in [6.07, 6.45) is 1.49. The fraction of sp³-hybridized carbons (Fsp3) is 0.200. The molecule has 1 aromatic heterocycles. The summed E-state index contributed by atoms with van der Waals surface area (Å²) < 4.78 is 0.551. The predicted octanol–water partition coefficient (Wildman–Crippen LogP) is 0.180. The van der Waals surface area contributed by atoms with Crippen LogP contribution in [0.15, 0.2) is 6.20 Å². The van der Waals surface area contributed by atoms with E-state index in [-0.39, 0.29) is 0 Å². The predicted molar refractivity (Wildman–Crippen MR) is 41.7 cm³/mol. The highest BCUT2D eigenvalue weighted by Gasteiger charge is 1.94. The molecule has 1 aromatic rings. The Kier molecular flexibility index (Phi) is 1.98. The lowest BCUT2D eigenvalue weighted by Crippen LogP contribution is -2.05. The topological polar surface area (TPSA) is 80.7 Å². The number of nitrogens with two attached hydrogens (primary N) is 2. The number of aromatic nitrogens is 2. The van der Waals surface area contributed by atoms with E-state index in [9.17, 15) is 0 Å². The second-order valence-corrected chi connectivity index (χ2v) is 2.26. The number of hydrogen-bond acceptors (Lipinski definition) is 4. The largest absolute Gasteiger partial charge is 0.382 e. The highest BCUT2D eigenvalue weighted by molar-refractivity contribution is 7.71. The van der Waals surface area contributed by atoms with Crippen LogP contribution in [0.5, 0.6) is 0 Å². The average Bonchev–Trinajstić information content (AvgIpc) is 1.94. The third-order valence-corrected chi connectivity index (χ3v) is 1.32. The molecule has 0 spiro atoms. The first kappa shape index (κ1) is 7.17. The van der Waals surface area contributed by atoms with Crippen molar-refractivity contribution in [2.45, 2.75) is 6.54 Å². The lowest BCUT2D eigenvalue weighted by Gasteiger charge is -1.98. The molecular weight excluding hydrogens is 148 g/mol. The third kappa shape index (κ3) is 1.31. The van der Waals surface area contributed by atoms with Crippen LogP contribution < -0.4 is 11.5 Å². The molecule has 0 amide bonds. The third-order valence-electron chi connectivity index (χ3n) is 1.11.